The second kappa shape index (κ2) is 5.40. The minimum Gasteiger partial charge on any atom is -0.396 e. The average molecular weight is 247 g/mol. The number of para-hydroxylation sites is 2. The highest BCUT2D eigenvalue weighted by molar-refractivity contribution is 5.77. The summed E-state index contributed by atoms with van der Waals surface area (Å²) in [5, 5.41) is 12.4. The van der Waals surface area contributed by atoms with Crippen molar-refractivity contribution in [3.8, 4) is 0 Å². The Balaban J connectivity index is 1.83. The number of fused-ring (bicyclic) bond motifs is 1. The van der Waals surface area contributed by atoms with Crippen LogP contribution in [0, 0.1) is 5.41 Å². The van der Waals surface area contributed by atoms with Gasteiger partial charge in [0.05, 0.1) is 11.0 Å². The van der Waals surface area contributed by atoms with Gasteiger partial charge in [0.25, 0.3) is 0 Å². The Morgan fingerprint density at radius 1 is 1.33 bits per heavy atom. The molecule has 0 atom stereocenters. The fourth-order valence-electron chi connectivity index (χ4n) is 1.89. The maximum atomic E-state index is 9.17. The van der Waals surface area contributed by atoms with Gasteiger partial charge in [-0.25, -0.2) is 4.98 Å². The lowest BCUT2D eigenvalue weighted by Crippen LogP contribution is -2.18. The number of rotatable bonds is 6. The van der Waals surface area contributed by atoms with Crippen LogP contribution in [0.1, 0.15) is 26.7 Å². The standard InChI is InChI=1S/C14H21N3O/c1-14(2,10-18)8-5-9-15-13-16-11-6-3-4-7-12(11)17-13/h3-4,6-7,18H,5,8-10H2,1-2H3,(H2,15,16,17). The lowest BCUT2D eigenvalue weighted by molar-refractivity contribution is 0.149. The highest BCUT2D eigenvalue weighted by Gasteiger charge is 2.15. The van der Waals surface area contributed by atoms with Crippen LogP contribution < -0.4 is 5.32 Å². The Kier molecular flexibility index (Phi) is 3.87. The van der Waals surface area contributed by atoms with Crippen molar-refractivity contribution in [1.29, 1.82) is 0 Å². The van der Waals surface area contributed by atoms with E-state index in [1.165, 1.54) is 0 Å². The first-order valence-electron chi connectivity index (χ1n) is 6.40. The van der Waals surface area contributed by atoms with Crippen molar-refractivity contribution in [2.75, 3.05) is 18.5 Å². The van der Waals surface area contributed by atoms with Gasteiger partial charge in [-0.1, -0.05) is 26.0 Å². The SMILES string of the molecule is CC(C)(CO)CCCNc1nc2ccccc2[nH]1. The van der Waals surface area contributed by atoms with E-state index in [2.05, 4.69) is 29.1 Å². The van der Waals surface area contributed by atoms with Crippen molar-refractivity contribution in [3.63, 3.8) is 0 Å². The van der Waals surface area contributed by atoms with Gasteiger partial charge in [0, 0.05) is 13.2 Å². The molecule has 0 aliphatic heterocycles. The Hall–Kier alpha value is -1.55. The predicted molar refractivity (Wildman–Crippen MR) is 74.7 cm³/mol. The van der Waals surface area contributed by atoms with Crippen molar-refractivity contribution in [2.45, 2.75) is 26.7 Å². The zero-order valence-corrected chi connectivity index (χ0v) is 11.0. The lowest BCUT2D eigenvalue weighted by atomic mass is 9.89. The summed E-state index contributed by atoms with van der Waals surface area (Å²) >= 11 is 0. The van der Waals surface area contributed by atoms with Gasteiger partial charge in [0.15, 0.2) is 0 Å². The largest absolute Gasteiger partial charge is 0.396 e. The molecule has 4 heteroatoms. The van der Waals surface area contributed by atoms with E-state index in [0.29, 0.717) is 0 Å². The molecule has 3 N–H and O–H groups in total. The molecule has 0 bridgehead atoms. The lowest BCUT2D eigenvalue weighted by Gasteiger charge is -2.21. The molecule has 18 heavy (non-hydrogen) atoms. The molecule has 0 amide bonds. The van der Waals surface area contributed by atoms with Crippen LogP contribution in [0.4, 0.5) is 5.95 Å². The van der Waals surface area contributed by atoms with E-state index in [-0.39, 0.29) is 12.0 Å². The van der Waals surface area contributed by atoms with E-state index in [4.69, 9.17) is 5.11 Å². The number of nitrogens with zero attached hydrogens (tertiary/aromatic N) is 1. The molecule has 0 aliphatic rings. The van der Waals surface area contributed by atoms with Crippen molar-refractivity contribution in [2.24, 2.45) is 5.41 Å². The summed E-state index contributed by atoms with van der Waals surface area (Å²) in [6.07, 6.45) is 2.02. The number of aliphatic hydroxyl groups is 1. The molecule has 0 unspecified atom stereocenters. The maximum absolute atomic E-state index is 9.17. The van der Waals surface area contributed by atoms with Gasteiger partial charge in [-0.05, 0) is 30.4 Å². The van der Waals surface area contributed by atoms with Gasteiger partial charge in [-0.15, -0.1) is 0 Å². The van der Waals surface area contributed by atoms with Crippen LogP contribution in [0.2, 0.25) is 0 Å². The first kappa shape index (κ1) is 12.9. The van der Waals surface area contributed by atoms with Gasteiger partial charge in [0.1, 0.15) is 0 Å². The van der Waals surface area contributed by atoms with Crippen molar-refractivity contribution >= 4 is 17.0 Å². The summed E-state index contributed by atoms with van der Waals surface area (Å²) in [7, 11) is 0. The first-order chi connectivity index (χ1) is 8.61. The molecule has 0 aliphatic carbocycles. The Morgan fingerprint density at radius 2 is 2.11 bits per heavy atom. The van der Waals surface area contributed by atoms with E-state index in [1.54, 1.807) is 0 Å². The number of imidazole rings is 1. The predicted octanol–water partition coefficient (Wildman–Crippen LogP) is 2.77. The van der Waals surface area contributed by atoms with E-state index >= 15 is 0 Å². The average Bonchev–Trinajstić information content (AvgIpc) is 2.77. The molecular formula is C14H21N3O. The summed E-state index contributed by atoms with van der Waals surface area (Å²) < 4.78 is 0. The van der Waals surface area contributed by atoms with Crippen molar-refractivity contribution in [1.82, 2.24) is 9.97 Å². The second-order valence-electron chi connectivity index (χ2n) is 5.46. The van der Waals surface area contributed by atoms with Crippen LogP contribution in [0.3, 0.4) is 0 Å². The van der Waals surface area contributed by atoms with E-state index < -0.39 is 0 Å². The second-order valence-corrected chi connectivity index (χ2v) is 5.46. The number of benzene rings is 1. The number of hydrogen-bond donors (Lipinski definition) is 3. The first-order valence-corrected chi connectivity index (χ1v) is 6.40. The van der Waals surface area contributed by atoms with E-state index in [0.717, 1.165) is 36.4 Å². The van der Waals surface area contributed by atoms with Gasteiger partial charge in [0.2, 0.25) is 5.95 Å². The molecule has 1 aromatic heterocycles. The monoisotopic (exact) mass is 247 g/mol. The third kappa shape index (κ3) is 3.23. The molecule has 0 spiro atoms. The summed E-state index contributed by atoms with van der Waals surface area (Å²) in [6, 6.07) is 7.99. The van der Waals surface area contributed by atoms with Crippen LogP contribution in [0.15, 0.2) is 24.3 Å². The normalized spacial score (nSPS) is 11.9. The number of aromatic amines is 1. The Labute approximate surface area is 107 Å². The van der Waals surface area contributed by atoms with Crippen LogP contribution in [-0.2, 0) is 0 Å². The van der Waals surface area contributed by atoms with Crippen LogP contribution >= 0.6 is 0 Å². The highest BCUT2D eigenvalue weighted by atomic mass is 16.3. The van der Waals surface area contributed by atoms with E-state index in [1.807, 2.05) is 24.3 Å². The fourth-order valence-corrected chi connectivity index (χ4v) is 1.89. The third-order valence-corrected chi connectivity index (χ3v) is 3.14. The summed E-state index contributed by atoms with van der Waals surface area (Å²) in [6.45, 7) is 5.25. The molecule has 1 aromatic carbocycles. The Morgan fingerprint density at radius 3 is 2.83 bits per heavy atom. The molecule has 2 aromatic rings. The minimum atomic E-state index is 0.00948. The van der Waals surface area contributed by atoms with Crippen LogP contribution in [0.25, 0.3) is 11.0 Å². The van der Waals surface area contributed by atoms with Crippen molar-refractivity contribution in [3.05, 3.63) is 24.3 Å². The summed E-state index contributed by atoms with van der Waals surface area (Å²) in [4.78, 5) is 7.69. The number of anilines is 1. The maximum Gasteiger partial charge on any atom is 0.201 e. The van der Waals surface area contributed by atoms with E-state index in [9.17, 15) is 0 Å². The van der Waals surface area contributed by atoms with Gasteiger partial charge in [-0.2, -0.15) is 0 Å². The van der Waals surface area contributed by atoms with Crippen molar-refractivity contribution < 1.29 is 5.11 Å². The fraction of sp³-hybridized carbons (Fsp3) is 0.500. The van der Waals surface area contributed by atoms with Crippen LogP contribution in [-0.4, -0.2) is 28.2 Å². The smallest absolute Gasteiger partial charge is 0.201 e. The van der Waals surface area contributed by atoms with Gasteiger partial charge in [-0.3, -0.25) is 0 Å². The summed E-state index contributed by atoms with van der Waals surface area (Å²) in [5.74, 6) is 0.818. The Bertz CT molecular complexity index is 471. The molecule has 4 nitrogen and oxygen atoms in total. The van der Waals surface area contributed by atoms with Gasteiger partial charge < -0.3 is 15.4 Å². The quantitative estimate of drug-likeness (QED) is 0.688. The number of H-pyrrole nitrogens is 1. The zero-order valence-electron chi connectivity index (χ0n) is 11.0. The number of hydrogen-bond acceptors (Lipinski definition) is 3. The molecular weight excluding hydrogens is 226 g/mol. The number of aliphatic hydroxyl groups excluding tert-OH is 1. The molecule has 0 fully saturated rings. The highest BCUT2D eigenvalue weighted by Crippen LogP contribution is 2.21. The molecule has 2 rings (SSSR count). The molecule has 98 valence electrons. The number of nitrogens with one attached hydrogen (secondary N) is 2. The summed E-state index contributed by atoms with van der Waals surface area (Å²) in [5.41, 5.74) is 2.04. The molecule has 1 heterocycles. The molecule has 0 radical (unpaired) electrons. The number of aromatic nitrogens is 2. The third-order valence-electron chi connectivity index (χ3n) is 3.14. The molecule has 0 saturated carbocycles. The van der Waals surface area contributed by atoms with Crippen LogP contribution in [0.5, 0.6) is 0 Å². The zero-order chi connectivity index (χ0) is 13.0. The van der Waals surface area contributed by atoms with Gasteiger partial charge >= 0.3 is 0 Å². The molecule has 0 saturated heterocycles. The topological polar surface area (TPSA) is 60.9 Å². The minimum absolute atomic E-state index is 0.00948.